The summed E-state index contributed by atoms with van der Waals surface area (Å²) in [5.41, 5.74) is 1.77. The SMILES string of the molecule is CCOc1c(Br)cc(Br)cc1C=Nc1ccc(OC)cc1. The molecule has 0 spiro atoms. The molecule has 0 N–H and O–H groups in total. The molecule has 0 aromatic heterocycles. The van der Waals surface area contributed by atoms with Crippen LogP contribution in [0.1, 0.15) is 12.5 Å². The first-order valence-corrected chi connectivity index (χ1v) is 8.02. The van der Waals surface area contributed by atoms with Crippen LogP contribution in [0.25, 0.3) is 0 Å². The van der Waals surface area contributed by atoms with Crippen LogP contribution in [0.5, 0.6) is 11.5 Å². The Labute approximate surface area is 141 Å². The van der Waals surface area contributed by atoms with Crippen LogP contribution in [-0.2, 0) is 0 Å². The molecule has 0 heterocycles. The van der Waals surface area contributed by atoms with Gasteiger partial charge in [-0.25, -0.2) is 0 Å². The number of benzene rings is 2. The Bertz CT molecular complexity index is 639. The number of aliphatic imine (C=N–C) groups is 1. The summed E-state index contributed by atoms with van der Waals surface area (Å²) in [7, 11) is 1.64. The molecule has 0 radical (unpaired) electrons. The fourth-order valence-corrected chi connectivity index (χ4v) is 3.16. The van der Waals surface area contributed by atoms with E-state index in [1.807, 2.05) is 43.3 Å². The van der Waals surface area contributed by atoms with Crippen molar-refractivity contribution in [1.82, 2.24) is 0 Å². The average molecular weight is 413 g/mol. The van der Waals surface area contributed by atoms with Crippen LogP contribution in [0.15, 0.2) is 50.3 Å². The van der Waals surface area contributed by atoms with Crippen LogP contribution in [0.4, 0.5) is 5.69 Å². The maximum Gasteiger partial charge on any atom is 0.142 e. The van der Waals surface area contributed by atoms with Gasteiger partial charge in [0, 0.05) is 16.3 Å². The topological polar surface area (TPSA) is 30.8 Å². The number of rotatable bonds is 5. The van der Waals surface area contributed by atoms with Crippen molar-refractivity contribution in [2.45, 2.75) is 6.92 Å². The Morgan fingerprint density at radius 3 is 2.48 bits per heavy atom. The molecule has 5 heteroatoms. The lowest BCUT2D eigenvalue weighted by Crippen LogP contribution is -1.97. The van der Waals surface area contributed by atoms with Crippen LogP contribution in [0, 0.1) is 0 Å². The first kappa shape index (κ1) is 16.0. The summed E-state index contributed by atoms with van der Waals surface area (Å²) in [6, 6.07) is 11.5. The zero-order valence-corrected chi connectivity index (χ0v) is 14.9. The molecule has 0 aliphatic rings. The maximum absolute atomic E-state index is 5.67. The standard InChI is InChI=1S/C16H15Br2NO2/c1-3-21-16-11(8-12(17)9-15(16)18)10-19-13-4-6-14(20-2)7-5-13/h4-10H,3H2,1-2H3. The van der Waals surface area contributed by atoms with Crippen LogP contribution in [-0.4, -0.2) is 19.9 Å². The molecule has 0 amide bonds. The normalized spacial score (nSPS) is 10.9. The zero-order valence-electron chi connectivity index (χ0n) is 11.8. The van der Waals surface area contributed by atoms with E-state index in [1.165, 1.54) is 0 Å². The highest BCUT2D eigenvalue weighted by Crippen LogP contribution is 2.32. The summed E-state index contributed by atoms with van der Waals surface area (Å²) in [4.78, 5) is 4.47. The van der Waals surface area contributed by atoms with Crippen molar-refractivity contribution in [2.24, 2.45) is 4.99 Å². The Kier molecular flexibility index (Phi) is 5.82. The molecule has 110 valence electrons. The van der Waals surface area contributed by atoms with Gasteiger partial charge < -0.3 is 9.47 Å². The Balaban J connectivity index is 2.30. The van der Waals surface area contributed by atoms with Crippen molar-refractivity contribution in [2.75, 3.05) is 13.7 Å². The van der Waals surface area contributed by atoms with Gasteiger partial charge in [0.25, 0.3) is 0 Å². The van der Waals surface area contributed by atoms with Crippen molar-refractivity contribution in [1.29, 1.82) is 0 Å². The molecule has 0 atom stereocenters. The quantitative estimate of drug-likeness (QED) is 0.618. The van der Waals surface area contributed by atoms with E-state index in [1.54, 1.807) is 13.3 Å². The molecule has 0 aliphatic carbocycles. The van der Waals surface area contributed by atoms with Gasteiger partial charge in [0.15, 0.2) is 0 Å². The smallest absolute Gasteiger partial charge is 0.142 e. The van der Waals surface area contributed by atoms with E-state index in [4.69, 9.17) is 9.47 Å². The van der Waals surface area contributed by atoms with Gasteiger partial charge in [0.05, 0.1) is 23.9 Å². The summed E-state index contributed by atoms with van der Waals surface area (Å²) in [5.74, 6) is 1.60. The molecule has 0 fully saturated rings. The van der Waals surface area contributed by atoms with Crippen molar-refractivity contribution < 1.29 is 9.47 Å². The number of ether oxygens (including phenoxy) is 2. The lowest BCUT2D eigenvalue weighted by molar-refractivity contribution is 0.337. The molecule has 0 unspecified atom stereocenters. The van der Waals surface area contributed by atoms with Crippen LogP contribution >= 0.6 is 31.9 Å². The number of hydrogen-bond donors (Lipinski definition) is 0. The van der Waals surface area contributed by atoms with Gasteiger partial charge in [0.1, 0.15) is 11.5 Å². The van der Waals surface area contributed by atoms with Gasteiger partial charge in [-0.3, -0.25) is 4.99 Å². The number of nitrogens with zero attached hydrogens (tertiary/aromatic N) is 1. The Hall–Kier alpha value is -1.33. The lowest BCUT2D eigenvalue weighted by Gasteiger charge is -2.10. The first-order valence-electron chi connectivity index (χ1n) is 6.44. The highest BCUT2D eigenvalue weighted by molar-refractivity contribution is 9.11. The van der Waals surface area contributed by atoms with E-state index >= 15 is 0 Å². The fourth-order valence-electron chi connectivity index (χ4n) is 1.79. The second-order valence-electron chi connectivity index (χ2n) is 4.20. The van der Waals surface area contributed by atoms with Gasteiger partial charge >= 0.3 is 0 Å². The lowest BCUT2D eigenvalue weighted by atomic mass is 10.2. The van der Waals surface area contributed by atoms with E-state index in [0.29, 0.717) is 6.61 Å². The third kappa shape index (κ3) is 4.32. The highest BCUT2D eigenvalue weighted by atomic mass is 79.9. The largest absolute Gasteiger partial charge is 0.497 e. The van der Waals surface area contributed by atoms with Gasteiger partial charge in [-0.05, 0) is 59.3 Å². The molecule has 2 aromatic carbocycles. The minimum atomic E-state index is 0.601. The predicted octanol–water partition coefficient (Wildman–Crippen LogP) is 5.37. The summed E-state index contributed by atoms with van der Waals surface area (Å²) in [6.45, 7) is 2.56. The number of methoxy groups -OCH3 is 1. The molecule has 0 saturated heterocycles. The van der Waals surface area contributed by atoms with Crippen molar-refractivity contribution in [3.8, 4) is 11.5 Å². The van der Waals surface area contributed by atoms with Crippen molar-refractivity contribution in [3.63, 3.8) is 0 Å². The van der Waals surface area contributed by atoms with Gasteiger partial charge in [-0.2, -0.15) is 0 Å². The van der Waals surface area contributed by atoms with Crippen molar-refractivity contribution in [3.05, 3.63) is 50.9 Å². The maximum atomic E-state index is 5.67. The summed E-state index contributed by atoms with van der Waals surface area (Å²) >= 11 is 6.99. The van der Waals surface area contributed by atoms with E-state index in [0.717, 1.165) is 31.7 Å². The Morgan fingerprint density at radius 1 is 1.14 bits per heavy atom. The van der Waals surface area contributed by atoms with Crippen LogP contribution < -0.4 is 9.47 Å². The first-order chi connectivity index (χ1) is 10.1. The van der Waals surface area contributed by atoms with E-state index < -0.39 is 0 Å². The van der Waals surface area contributed by atoms with Gasteiger partial charge in [0.2, 0.25) is 0 Å². The van der Waals surface area contributed by atoms with Crippen molar-refractivity contribution >= 4 is 43.8 Å². The molecular formula is C16H15Br2NO2. The van der Waals surface area contributed by atoms with Gasteiger partial charge in [-0.15, -0.1) is 0 Å². The summed E-state index contributed by atoms with van der Waals surface area (Å²) in [5, 5.41) is 0. The highest BCUT2D eigenvalue weighted by Gasteiger charge is 2.08. The number of halogens is 2. The van der Waals surface area contributed by atoms with Gasteiger partial charge in [-0.1, -0.05) is 15.9 Å². The molecule has 0 aliphatic heterocycles. The molecule has 0 saturated carbocycles. The van der Waals surface area contributed by atoms with Crippen LogP contribution in [0.2, 0.25) is 0 Å². The molecular weight excluding hydrogens is 398 g/mol. The van der Waals surface area contributed by atoms with Crippen LogP contribution in [0.3, 0.4) is 0 Å². The molecule has 3 nitrogen and oxygen atoms in total. The third-order valence-electron chi connectivity index (χ3n) is 2.75. The molecule has 21 heavy (non-hydrogen) atoms. The minimum Gasteiger partial charge on any atom is -0.497 e. The number of hydrogen-bond acceptors (Lipinski definition) is 3. The van der Waals surface area contributed by atoms with E-state index in [2.05, 4.69) is 36.9 Å². The molecule has 2 rings (SSSR count). The van der Waals surface area contributed by atoms with E-state index in [9.17, 15) is 0 Å². The molecule has 0 bridgehead atoms. The summed E-state index contributed by atoms with van der Waals surface area (Å²) < 4.78 is 12.7. The minimum absolute atomic E-state index is 0.601. The average Bonchev–Trinajstić information content (AvgIpc) is 2.48. The fraction of sp³-hybridized carbons (Fsp3) is 0.188. The third-order valence-corrected chi connectivity index (χ3v) is 3.80. The second kappa shape index (κ2) is 7.61. The monoisotopic (exact) mass is 411 g/mol. The molecule has 2 aromatic rings. The summed E-state index contributed by atoms with van der Waals surface area (Å²) in [6.07, 6.45) is 1.79. The second-order valence-corrected chi connectivity index (χ2v) is 5.97. The predicted molar refractivity (Wildman–Crippen MR) is 93.3 cm³/mol. The zero-order chi connectivity index (χ0) is 15.2. The van der Waals surface area contributed by atoms with E-state index in [-0.39, 0.29) is 0 Å². The Morgan fingerprint density at radius 2 is 1.86 bits per heavy atom.